The van der Waals surface area contributed by atoms with Gasteiger partial charge in [0.1, 0.15) is 5.69 Å². The maximum Gasteiger partial charge on any atom is 0.292 e. The van der Waals surface area contributed by atoms with E-state index in [1.807, 2.05) is 0 Å². The molecule has 5 heteroatoms. The molecule has 1 rings (SSSR count). The summed E-state index contributed by atoms with van der Waals surface area (Å²) in [5.74, 6) is 0. The fourth-order valence-corrected chi connectivity index (χ4v) is 1.02. The van der Waals surface area contributed by atoms with Crippen molar-refractivity contribution >= 4 is 17.1 Å². The SMILES string of the molecule is C=CCNc1ccc([N+](=O)[O-])c(N)c1. The Labute approximate surface area is 81.4 Å². The van der Waals surface area contributed by atoms with Crippen molar-refractivity contribution in [1.29, 1.82) is 0 Å². The molecule has 1 aromatic carbocycles. The molecule has 3 N–H and O–H groups in total. The molecule has 0 radical (unpaired) electrons. The van der Waals surface area contributed by atoms with E-state index in [4.69, 9.17) is 5.73 Å². The number of benzene rings is 1. The topological polar surface area (TPSA) is 81.2 Å². The average Bonchev–Trinajstić information content (AvgIpc) is 2.14. The van der Waals surface area contributed by atoms with Gasteiger partial charge in [-0.2, -0.15) is 0 Å². The summed E-state index contributed by atoms with van der Waals surface area (Å²) < 4.78 is 0. The maximum absolute atomic E-state index is 10.4. The van der Waals surface area contributed by atoms with Crippen LogP contribution >= 0.6 is 0 Å². The molecule has 0 amide bonds. The third kappa shape index (κ3) is 2.22. The van der Waals surface area contributed by atoms with E-state index >= 15 is 0 Å². The van der Waals surface area contributed by atoms with Gasteiger partial charge in [0.05, 0.1) is 4.92 Å². The molecule has 0 unspecified atom stereocenters. The Balaban J connectivity index is 2.88. The van der Waals surface area contributed by atoms with E-state index in [9.17, 15) is 10.1 Å². The smallest absolute Gasteiger partial charge is 0.292 e. The Morgan fingerprint density at radius 2 is 2.36 bits per heavy atom. The standard InChI is InChI=1S/C9H11N3O2/c1-2-5-11-7-3-4-9(12(13)14)8(10)6-7/h2-4,6,11H,1,5,10H2. The van der Waals surface area contributed by atoms with Crippen molar-refractivity contribution in [3.8, 4) is 0 Å². The molecule has 0 spiro atoms. The summed E-state index contributed by atoms with van der Waals surface area (Å²) in [7, 11) is 0. The molecule has 74 valence electrons. The summed E-state index contributed by atoms with van der Waals surface area (Å²) in [4.78, 5) is 9.93. The number of nitrogens with two attached hydrogens (primary N) is 1. The molecular formula is C9H11N3O2. The predicted molar refractivity (Wildman–Crippen MR) is 56.2 cm³/mol. The molecule has 0 aromatic heterocycles. The number of nitro groups is 1. The third-order valence-corrected chi connectivity index (χ3v) is 1.67. The largest absolute Gasteiger partial charge is 0.393 e. The van der Waals surface area contributed by atoms with Crippen LogP contribution in [0.1, 0.15) is 0 Å². The van der Waals surface area contributed by atoms with Crippen molar-refractivity contribution in [2.45, 2.75) is 0 Å². The van der Waals surface area contributed by atoms with Crippen LogP contribution in [-0.4, -0.2) is 11.5 Å². The number of anilines is 2. The molecule has 0 aliphatic carbocycles. The van der Waals surface area contributed by atoms with Gasteiger partial charge in [0.2, 0.25) is 0 Å². The highest BCUT2D eigenvalue weighted by Gasteiger charge is 2.10. The zero-order valence-electron chi connectivity index (χ0n) is 7.56. The maximum atomic E-state index is 10.4. The second-order valence-electron chi connectivity index (χ2n) is 2.70. The van der Waals surface area contributed by atoms with E-state index in [-0.39, 0.29) is 11.4 Å². The molecule has 0 bridgehead atoms. The fourth-order valence-electron chi connectivity index (χ4n) is 1.02. The van der Waals surface area contributed by atoms with Gasteiger partial charge in [-0.1, -0.05) is 6.08 Å². The lowest BCUT2D eigenvalue weighted by Crippen LogP contribution is -2.00. The van der Waals surface area contributed by atoms with E-state index < -0.39 is 4.92 Å². The zero-order valence-corrected chi connectivity index (χ0v) is 7.56. The van der Waals surface area contributed by atoms with Crippen LogP contribution in [0.3, 0.4) is 0 Å². The minimum absolute atomic E-state index is 0.0749. The predicted octanol–water partition coefficient (Wildman–Crippen LogP) is 1.77. The van der Waals surface area contributed by atoms with Crippen LogP contribution in [0.5, 0.6) is 0 Å². The molecule has 0 fully saturated rings. The summed E-state index contributed by atoms with van der Waals surface area (Å²) >= 11 is 0. The van der Waals surface area contributed by atoms with Crippen LogP contribution in [0.4, 0.5) is 17.1 Å². The van der Waals surface area contributed by atoms with Crippen LogP contribution in [-0.2, 0) is 0 Å². The highest BCUT2D eigenvalue weighted by atomic mass is 16.6. The highest BCUT2D eigenvalue weighted by Crippen LogP contribution is 2.24. The second-order valence-corrected chi connectivity index (χ2v) is 2.70. The van der Waals surface area contributed by atoms with Crippen molar-refractivity contribution in [2.24, 2.45) is 0 Å². The first kappa shape index (κ1) is 10.0. The lowest BCUT2D eigenvalue weighted by Gasteiger charge is -2.04. The lowest BCUT2D eigenvalue weighted by atomic mass is 10.2. The monoisotopic (exact) mass is 193 g/mol. The normalized spacial score (nSPS) is 9.43. The van der Waals surface area contributed by atoms with Gasteiger partial charge in [-0.05, 0) is 12.1 Å². The van der Waals surface area contributed by atoms with Gasteiger partial charge in [-0.15, -0.1) is 6.58 Å². The minimum Gasteiger partial charge on any atom is -0.393 e. The fraction of sp³-hybridized carbons (Fsp3) is 0.111. The number of nitro benzene ring substituents is 1. The van der Waals surface area contributed by atoms with Crippen molar-refractivity contribution in [3.63, 3.8) is 0 Å². The first-order chi connectivity index (χ1) is 6.65. The van der Waals surface area contributed by atoms with Gasteiger partial charge in [0, 0.05) is 18.3 Å². The molecule has 0 aliphatic rings. The van der Waals surface area contributed by atoms with E-state index in [1.54, 1.807) is 12.1 Å². The van der Waals surface area contributed by atoms with Gasteiger partial charge in [0.15, 0.2) is 0 Å². The Hall–Kier alpha value is -2.04. The molecule has 0 aliphatic heterocycles. The molecular weight excluding hydrogens is 182 g/mol. The van der Waals surface area contributed by atoms with Crippen molar-refractivity contribution in [2.75, 3.05) is 17.6 Å². The third-order valence-electron chi connectivity index (χ3n) is 1.67. The van der Waals surface area contributed by atoms with Crippen LogP contribution < -0.4 is 11.1 Å². The molecule has 5 nitrogen and oxygen atoms in total. The number of hydrogen-bond acceptors (Lipinski definition) is 4. The summed E-state index contributed by atoms with van der Waals surface area (Å²) in [6.45, 7) is 4.14. The summed E-state index contributed by atoms with van der Waals surface area (Å²) in [6.07, 6.45) is 1.69. The van der Waals surface area contributed by atoms with Crippen molar-refractivity contribution < 1.29 is 4.92 Å². The van der Waals surface area contributed by atoms with E-state index in [1.165, 1.54) is 12.1 Å². The van der Waals surface area contributed by atoms with Gasteiger partial charge in [-0.25, -0.2) is 0 Å². The van der Waals surface area contributed by atoms with E-state index in [2.05, 4.69) is 11.9 Å². The number of rotatable bonds is 4. The second kappa shape index (κ2) is 4.27. The number of hydrogen-bond donors (Lipinski definition) is 2. The van der Waals surface area contributed by atoms with Crippen LogP contribution in [0.15, 0.2) is 30.9 Å². The Morgan fingerprint density at radius 3 is 2.86 bits per heavy atom. The van der Waals surface area contributed by atoms with Crippen molar-refractivity contribution in [3.05, 3.63) is 41.0 Å². The number of nitrogens with zero attached hydrogens (tertiary/aromatic N) is 1. The first-order valence-electron chi connectivity index (χ1n) is 4.04. The molecule has 1 aromatic rings. The van der Waals surface area contributed by atoms with E-state index in [0.29, 0.717) is 6.54 Å². The minimum atomic E-state index is -0.507. The number of nitrogens with one attached hydrogen (secondary N) is 1. The Kier molecular flexibility index (Phi) is 3.06. The van der Waals surface area contributed by atoms with Gasteiger partial charge >= 0.3 is 0 Å². The molecule has 14 heavy (non-hydrogen) atoms. The van der Waals surface area contributed by atoms with Crippen LogP contribution in [0, 0.1) is 10.1 Å². The van der Waals surface area contributed by atoms with Crippen molar-refractivity contribution in [1.82, 2.24) is 0 Å². The van der Waals surface area contributed by atoms with Gasteiger partial charge in [-0.3, -0.25) is 10.1 Å². The lowest BCUT2D eigenvalue weighted by molar-refractivity contribution is -0.383. The average molecular weight is 193 g/mol. The van der Waals surface area contributed by atoms with Gasteiger partial charge < -0.3 is 11.1 Å². The van der Waals surface area contributed by atoms with Crippen LogP contribution in [0.2, 0.25) is 0 Å². The van der Waals surface area contributed by atoms with Crippen LogP contribution in [0.25, 0.3) is 0 Å². The summed E-state index contributed by atoms with van der Waals surface area (Å²) in [5.41, 5.74) is 6.31. The molecule has 0 saturated carbocycles. The number of nitrogen functional groups attached to an aromatic ring is 1. The quantitative estimate of drug-likeness (QED) is 0.330. The molecule has 0 atom stereocenters. The van der Waals surface area contributed by atoms with E-state index in [0.717, 1.165) is 5.69 Å². The molecule has 0 heterocycles. The Bertz CT molecular complexity index is 363. The first-order valence-corrected chi connectivity index (χ1v) is 4.04. The highest BCUT2D eigenvalue weighted by molar-refractivity contribution is 5.65. The zero-order chi connectivity index (χ0) is 10.6. The summed E-state index contributed by atoms with van der Waals surface area (Å²) in [6, 6.07) is 4.51. The molecule has 0 saturated heterocycles. The Morgan fingerprint density at radius 1 is 1.64 bits per heavy atom. The summed E-state index contributed by atoms with van der Waals surface area (Å²) in [5, 5.41) is 13.4. The van der Waals surface area contributed by atoms with Gasteiger partial charge in [0.25, 0.3) is 5.69 Å².